The molecule has 0 saturated heterocycles. The molecule has 2 atom stereocenters. The Bertz CT molecular complexity index is 803. The van der Waals surface area contributed by atoms with Crippen molar-refractivity contribution < 1.29 is 33.2 Å². The van der Waals surface area contributed by atoms with Gasteiger partial charge in [0.2, 0.25) is 0 Å². The van der Waals surface area contributed by atoms with Gasteiger partial charge in [-0.3, -0.25) is 0 Å². The van der Waals surface area contributed by atoms with Gasteiger partial charge in [-0.2, -0.15) is 0 Å². The van der Waals surface area contributed by atoms with Gasteiger partial charge in [0.1, 0.15) is 0 Å². The minimum atomic E-state index is -0.388. The summed E-state index contributed by atoms with van der Waals surface area (Å²) in [6.45, 7) is 12.3. The van der Waals surface area contributed by atoms with Crippen molar-refractivity contribution >= 4 is 0 Å². The minimum absolute atomic E-state index is 0.00747. The molecule has 0 aromatic rings. The fourth-order valence-electron chi connectivity index (χ4n) is 7.93. The van der Waals surface area contributed by atoms with Crippen molar-refractivity contribution in [2.24, 2.45) is 0 Å². The molecule has 0 aliphatic rings. The highest BCUT2D eigenvalue weighted by Crippen LogP contribution is 2.18. The second-order valence-corrected chi connectivity index (χ2v) is 18.3. The molecule has 0 aromatic heterocycles. The van der Waals surface area contributed by atoms with Crippen LogP contribution in [0.2, 0.25) is 0 Å². The summed E-state index contributed by atoms with van der Waals surface area (Å²) in [5.41, 5.74) is 0. The Hall–Kier alpha value is -0.800. The summed E-state index contributed by atoms with van der Waals surface area (Å²) >= 11 is 0. The van der Waals surface area contributed by atoms with Crippen molar-refractivity contribution in [2.75, 3.05) is 40.6 Å². The molecule has 0 bridgehead atoms. The molecule has 0 radical (unpaired) electrons. The first kappa shape index (κ1) is 62.2. The topological polar surface area (TPSA) is 64.6 Å². The maximum atomic E-state index is 6.08. The first-order valence-electron chi connectivity index (χ1n) is 27.7. The average Bonchev–Trinajstić information content (AvgIpc) is 3.30. The number of allylic oxidation sites excluding steroid dienone is 2. The molecule has 0 rings (SSSR count). The zero-order chi connectivity index (χ0) is 45.8. The van der Waals surface area contributed by atoms with E-state index >= 15 is 0 Å². The highest BCUT2D eigenvalue weighted by atomic mass is 16.8. The maximum absolute atomic E-state index is 6.08. The van der Waals surface area contributed by atoms with E-state index in [1.807, 2.05) is 12.2 Å². The molecule has 0 N–H and O–H groups in total. The molecule has 376 valence electrons. The molecule has 2 unspecified atom stereocenters. The SMILES string of the molecule is CCCCCOC(CCCCCCCCCCCCCC=CC(OC)OC(C=CCCCCCCCCCCCCCC(OCCCCC)OCCCCC)OC)OCCCCC. The molecular formula is C56H110O7. The molecule has 0 spiro atoms. The Morgan fingerprint density at radius 2 is 0.556 bits per heavy atom. The van der Waals surface area contributed by atoms with Gasteiger partial charge in [0.05, 0.1) is 0 Å². The summed E-state index contributed by atoms with van der Waals surface area (Å²) in [5, 5.41) is 0. The average molecular weight is 895 g/mol. The molecule has 0 heterocycles. The van der Waals surface area contributed by atoms with Gasteiger partial charge in [0.25, 0.3) is 0 Å². The van der Waals surface area contributed by atoms with E-state index in [1.165, 1.54) is 193 Å². The number of rotatable bonds is 54. The molecule has 0 aliphatic carbocycles. The quantitative estimate of drug-likeness (QED) is 0.0342. The summed E-state index contributed by atoms with van der Waals surface area (Å²) in [5.74, 6) is 0. The van der Waals surface area contributed by atoms with E-state index in [0.29, 0.717) is 0 Å². The standard InChI is InChI=1S/C56H110O7/c1-7-11-41-49-59-55(60-50-42-12-8-2)47-39-35-31-27-23-19-15-17-21-25-29-33-37-45-53(57-5)63-54(58-6)46-38-34-30-26-22-18-16-20-24-28-32-36-40-48-56(61-51-43-13-9-3)62-52-44-14-10-4/h37-38,45-46,53-56H,7-36,39-44,47-52H2,1-6H3. The number of hydrogen-bond donors (Lipinski definition) is 0. The van der Waals surface area contributed by atoms with Crippen molar-refractivity contribution in [1.29, 1.82) is 0 Å². The predicted octanol–water partition coefficient (Wildman–Crippen LogP) is 17.7. The van der Waals surface area contributed by atoms with Crippen molar-refractivity contribution in [3.05, 3.63) is 24.3 Å². The molecule has 63 heavy (non-hydrogen) atoms. The summed E-state index contributed by atoms with van der Waals surface area (Å²) < 4.78 is 41.5. The molecule has 7 nitrogen and oxygen atoms in total. The molecule has 7 heteroatoms. The third kappa shape index (κ3) is 47.5. The fraction of sp³-hybridized carbons (Fsp3) is 0.929. The van der Waals surface area contributed by atoms with E-state index in [0.717, 1.165) is 77.8 Å². The van der Waals surface area contributed by atoms with E-state index in [1.54, 1.807) is 14.2 Å². The van der Waals surface area contributed by atoms with Crippen molar-refractivity contribution in [1.82, 2.24) is 0 Å². The van der Waals surface area contributed by atoms with Crippen LogP contribution in [0.3, 0.4) is 0 Å². The third-order valence-electron chi connectivity index (χ3n) is 12.1. The Balaban J connectivity index is 3.82. The van der Waals surface area contributed by atoms with Crippen LogP contribution in [-0.4, -0.2) is 65.8 Å². The lowest BCUT2D eigenvalue weighted by Gasteiger charge is -2.18. The molecular weight excluding hydrogens is 785 g/mol. The van der Waals surface area contributed by atoms with Gasteiger partial charge >= 0.3 is 0 Å². The monoisotopic (exact) mass is 895 g/mol. The van der Waals surface area contributed by atoms with Crippen molar-refractivity contribution in [3.63, 3.8) is 0 Å². The number of ether oxygens (including phenoxy) is 7. The Labute approximate surface area is 393 Å². The fourth-order valence-corrected chi connectivity index (χ4v) is 7.93. The van der Waals surface area contributed by atoms with Gasteiger partial charge in [-0.25, -0.2) is 0 Å². The predicted molar refractivity (Wildman–Crippen MR) is 270 cm³/mol. The Kier molecular flexibility index (Phi) is 53.1. The van der Waals surface area contributed by atoms with Crippen LogP contribution in [0.25, 0.3) is 0 Å². The lowest BCUT2D eigenvalue weighted by atomic mass is 10.0. The molecule has 0 saturated carbocycles. The van der Waals surface area contributed by atoms with Crippen LogP contribution >= 0.6 is 0 Å². The Morgan fingerprint density at radius 3 is 0.810 bits per heavy atom. The lowest BCUT2D eigenvalue weighted by molar-refractivity contribution is -0.188. The molecule has 0 fully saturated rings. The van der Waals surface area contributed by atoms with Crippen LogP contribution in [0.5, 0.6) is 0 Å². The second kappa shape index (κ2) is 53.8. The van der Waals surface area contributed by atoms with Crippen LogP contribution in [-0.2, 0) is 33.2 Å². The van der Waals surface area contributed by atoms with Gasteiger partial charge in [-0.1, -0.05) is 207 Å². The van der Waals surface area contributed by atoms with E-state index in [-0.39, 0.29) is 25.2 Å². The smallest absolute Gasteiger partial charge is 0.179 e. The zero-order valence-electron chi connectivity index (χ0n) is 43.2. The van der Waals surface area contributed by atoms with Crippen molar-refractivity contribution in [3.8, 4) is 0 Å². The lowest BCUT2D eigenvalue weighted by Crippen LogP contribution is -2.22. The first-order chi connectivity index (χ1) is 31.1. The summed E-state index contributed by atoms with van der Waals surface area (Å²) in [7, 11) is 3.40. The van der Waals surface area contributed by atoms with Crippen LogP contribution in [0.15, 0.2) is 24.3 Å². The second-order valence-electron chi connectivity index (χ2n) is 18.3. The largest absolute Gasteiger partial charge is 0.353 e. The summed E-state index contributed by atoms with van der Waals surface area (Å²) in [6, 6.07) is 0. The Morgan fingerprint density at radius 1 is 0.302 bits per heavy atom. The van der Waals surface area contributed by atoms with E-state index in [4.69, 9.17) is 33.2 Å². The van der Waals surface area contributed by atoms with Crippen molar-refractivity contribution in [2.45, 2.75) is 297 Å². The summed E-state index contributed by atoms with van der Waals surface area (Å²) in [6.07, 6.45) is 55.6. The number of unbranched alkanes of at least 4 members (excludes halogenated alkanes) is 30. The van der Waals surface area contributed by atoms with Gasteiger partial charge in [-0.15, -0.1) is 0 Å². The van der Waals surface area contributed by atoms with Crippen LogP contribution in [0.1, 0.15) is 272 Å². The first-order valence-corrected chi connectivity index (χ1v) is 27.7. The van der Waals surface area contributed by atoms with Gasteiger partial charge < -0.3 is 33.2 Å². The highest BCUT2D eigenvalue weighted by Gasteiger charge is 2.12. The van der Waals surface area contributed by atoms with Crippen LogP contribution in [0, 0.1) is 0 Å². The summed E-state index contributed by atoms with van der Waals surface area (Å²) in [4.78, 5) is 0. The van der Waals surface area contributed by atoms with Gasteiger partial charge in [-0.05, 0) is 89.2 Å². The van der Waals surface area contributed by atoms with Crippen LogP contribution in [0.4, 0.5) is 0 Å². The van der Waals surface area contributed by atoms with Crippen LogP contribution < -0.4 is 0 Å². The molecule has 0 amide bonds. The third-order valence-corrected chi connectivity index (χ3v) is 12.1. The number of hydrogen-bond acceptors (Lipinski definition) is 7. The molecule has 0 aliphatic heterocycles. The highest BCUT2D eigenvalue weighted by molar-refractivity contribution is 4.89. The number of methoxy groups -OCH3 is 2. The maximum Gasteiger partial charge on any atom is 0.179 e. The van der Waals surface area contributed by atoms with Gasteiger partial charge in [0, 0.05) is 40.6 Å². The zero-order valence-corrected chi connectivity index (χ0v) is 43.2. The minimum Gasteiger partial charge on any atom is -0.353 e. The van der Waals surface area contributed by atoms with E-state index < -0.39 is 0 Å². The van der Waals surface area contributed by atoms with Gasteiger partial charge in [0.15, 0.2) is 25.2 Å². The van der Waals surface area contributed by atoms with E-state index in [9.17, 15) is 0 Å². The normalized spacial score (nSPS) is 13.2. The molecule has 0 aromatic carbocycles. The van der Waals surface area contributed by atoms with E-state index in [2.05, 4.69) is 39.8 Å².